The SMILES string of the molecule is Cc1noc(NC(=O)CSc2c(F)cc(F)cc2F)n1. The molecule has 5 nitrogen and oxygen atoms in total. The Labute approximate surface area is 115 Å². The molecular weight excluding hydrogens is 295 g/mol. The van der Waals surface area contributed by atoms with Crippen LogP contribution in [0.25, 0.3) is 0 Å². The summed E-state index contributed by atoms with van der Waals surface area (Å²) >= 11 is 0.598. The summed E-state index contributed by atoms with van der Waals surface area (Å²) in [5.74, 6) is -3.68. The van der Waals surface area contributed by atoms with E-state index in [4.69, 9.17) is 0 Å². The standard InChI is InChI=1S/C11H8F3N3O2S/c1-5-15-11(19-17-5)16-9(18)4-20-10-7(13)2-6(12)3-8(10)14/h2-3H,4H2,1H3,(H,15,16,17,18). The molecule has 0 saturated heterocycles. The van der Waals surface area contributed by atoms with Gasteiger partial charge in [0.2, 0.25) is 5.91 Å². The van der Waals surface area contributed by atoms with Crippen molar-refractivity contribution in [2.24, 2.45) is 0 Å². The number of thioether (sulfide) groups is 1. The predicted octanol–water partition coefficient (Wildman–Crippen LogP) is 2.53. The minimum atomic E-state index is -1.06. The highest BCUT2D eigenvalue weighted by Crippen LogP contribution is 2.26. The van der Waals surface area contributed by atoms with E-state index < -0.39 is 28.3 Å². The zero-order valence-corrected chi connectivity index (χ0v) is 10.9. The van der Waals surface area contributed by atoms with Crippen LogP contribution in [0.15, 0.2) is 21.6 Å². The number of benzene rings is 1. The summed E-state index contributed by atoms with van der Waals surface area (Å²) in [6.45, 7) is 1.57. The van der Waals surface area contributed by atoms with Gasteiger partial charge in [-0.25, -0.2) is 13.2 Å². The summed E-state index contributed by atoms with van der Waals surface area (Å²) in [4.78, 5) is 14.8. The van der Waals surface area contributed by atoms with Gasteiger partial charge in [-0.1, -0.05) is 5.16 Å². The van der Waals surface area contributed by atoms with Crippen molar-refractivity contribution >= 4 is 23.7 Å². The maximum atomic E-state index is 13.3. The maximum absolute atomic E-state index is 13.3. The molecule has 0 aliphatic rings. The third-order valence-electron chi connectivity index (χ3n) is 2.08. The Morgan fingerprint density at radius 1 is 1.35 bits per heavy atom. The third kappa shape index (κ3) is 3.50. The van der Waals surface area contributed by atoms with Crippen LogP contribution in [0, 0.1) is 24.4 Å². The van der Waals surface area contributed by atoms with E-state index in [-0.39, 0.29) is 11.8 Å². The maximum Gasteiger partial charge on any atom is 0.328 e. The number of nitrogens with one attached hydrogen (secondary N) is 1. The van der Waals surface area contributed by atoms with Gasteiger partial charge in [-0.2, -0.15) is 4.98 Å². The highest BCUT2D eigenvalue weighted by molar-refractivity contribution is 8.00. The molecule has 0 unspecified atom stereocenters. The first-order chi connectivity index (χ1) is 9.45. The smallest absolute Gasteiger partial charge is 0.315 e. The van der Waals surface area contributed by atoms with Crippen LogP contribution in [0.1, 0.15) is 5.82 Å². The Balaban J connectivity index is 1.97. The van der Waals surface area contributed by atoms with Crippen molar-refractivity contribution < 1.29 is 22.5 Å². The fraction of sp³-hybridized carbons (Fsp3) is 0.182. The van der Waals surface area contributed by atoms with Gasteiger partial charge in [0.15, 0.2) is 5.82 Å². The highest BCUT2D eigenvalue weighted by Gasteiger charge is 2.15. The summed E-state index contributed by atoms with van der Waals surface area (Å²) in [6.07, 6.45) is 0. The van der Waals surface area contributed by atoms with Crippen molar-refractivity contribution in [1.82, 2.24) is 10.1 Å². The number of nitrogens with zero attached hydrogens (tertiary/aromatic N) is 2. The highest BCUT2D eigenvalue weighted by atomic mass is 32.2. The molecule has 20 heavy (non-hydrogen) atoms. The average molecular weight is 303 g/mol. The molecule has 106 valence electrons. The number of hydrogen-bond donors (Lipinski definition) is 1. The predicted molar refractivity (Wildman–Crippen MR) is 64.7 cm³/mol. The van der Waals surface area contributed by atoms with Crippen LogP contribution in [0.5, 0.6) is 0 Å². The second-order valence-electron chi connectivity index (χ2n) is 3.68. The van der Waals surface area contributed by atoms with Gasteiger partial charge in [0.25, 0.3) is 0 Å². The van der Waals surface area contributed by atoms with Crippen LogP contribution >= 0.6 is 11.8 Å². The first-order valence-corrected chi connectivity index (χ1v) is 6.32. The average Bonchev–Trinajstić information content (AvgIpc) is 2.73. The van der Waals surface area contributed by atoms with Gasteiger partial charge in [-0.3, -0.25) is 10.1 Å². The quantitative estimate of drug-likeness (QED) is 0.879. The van der Waals surface area contributed by atoms with E-state index in [1.54, 1.807) is 6.92 Å². The van der Waals surface area contributed by atoms with Crippen molar-refractivity contribution in [2.45, 2.75) is 11.8 Å². The molecule has 0 radical (unpaired) electrons. The summed E-state index contributed by atoms with van der Waals surface area (Å²) in [5.41, 5.74) is 0. The molecule has 2 rings (SSSR count). The number of carbonyl (C=O) groups excluding carboxylic acids is 1. The van der Waals surface area contributed by atoms with Gasteiger partial charge in [-0.15, -0.1) is 11.8 Å². The summed E-state index contributed by atoms with van der Waals surface area (Å²) in [7, 11) is 0. The van der Waals surface area contributed by atoms with E-state index in [9.17, 15) is 18.0 Å². The number of amides is 1. The fourth-order valence-electron chi connectivity index (χ4n) is 1.31. The number of hydrogen-bond acceptors (Lipinski definition) is 5. The summed E-state index contributed by atoms with van der Waals surface area (Å²) < 4.78 is 44.0. The van der Waals surface area contributed by atoms with E-state index in [1.807, 2.05) is 0 Å². The number of anilines is 1. The van der Waals surface area contributed by atoms with Gasteiger partial charge < -0.3 is 4.52 Å². The summed E-state index contributed by atoms with van der Waals surface area (Å²) in [6, 6.07) is 0.989. The molecule has 0 saturated carbocycles. The molecule has 0 aliphatic heterocycles. The van der Waals surface area contributed by atoms with Crippen molar-refractivity contribution in [1.29, 1.82) is 0 Å². The molecule has 0 fully saturated rings. The zero-order chi connectivity index (χ0) is 14.7. The molecule has 0 atom stereocenters. The van der Waals surface area contributed by atoms with Crippen LogP contribution in [-0.2, 0) is 4.79 Å². The van der Waals surface area contributed by atoms with Gasteiger partial charge >= 0.3 is 6.01 Å². The summed E-state index contributed by atoms with van der Waals surface area (Å²) in [5, 5.41) is 5.72. The minimum absolute atomic E-state index is 0.104. The first kappa shape index (κ1) is 14.4. The van der Waals surface area contributed by atoms with Crippen molar-refractivity contribution in [3.63, 3.8) is 0 Å². The fourth-order valence-corrected chi connectivity index (χ4v) is 2.05. The molecule has 1 aromatic carbocycles. The Kier molecular flexibility index (Phi) is 4.28. The Bertz CT molecular complexity index is 625. The van der Waals surface area contributed by atoms with E-state index in [0.29, 0.717) is 29.7 Å². The number of aromatic nitrogens is 2. The van der Waals surface area contributed by atoms with E-state index in [1.165, 1.54) is 0 Å². The largest absolute Gasteiger partial charge is 0.328 e. The molecule has 1 N–H and O–H groups in total. The molecule has 1 amide bonds. The number of aryl methyl sites for hydroxylation is 1. The lowest BCUT2D eigenvalue weighted by Crippen LogP contribution is -2.14. The van der Waals surface area contributed by atoms with Crippen molar-refractivity contribution in [2.75, 3.05) is 11.1 Å². The third-order valence-corrected chi connectivity index (χ3v) is 3.17. The Hall–Kier alpha value is -2.03. The van der Waals surface area contributed by atoms with Crippen LogP contribution in [-0.4, -0.2) is 21.8 Å². The normalized spacial score (nSPS) is 10.6. The zero-order valence-electron chi connectivity index (χ0n) is 10.1. The van der Waals surface area contributed by atoms with Crippen LogP contribution in [0.4, 0.5) is 19.2 Å². The molecule has 0 aliphatic carbocycles. The van der Waals surface area contributed by atoms with Gasteiger partial charge in [0.1, 0.15) is 17.5 Å². The number of halogens is 3. The topological polar surface area (TPSA) is 68.0 Å². The van der Waals surface area contributed by atoms with Crippen molar-refractivity contribution in [3.8, 4) is 0 Å². The lowest BCUT2D eigenvalue weighted by molar-refractivity contribution is -0.114. The minimum Gasteiger partial charge on any atom is -0.315 e. The molecule has 9 heteroatoms. The van der Waals surface area contributed by atoms with Crippen LogP contribution < -0.4 is 5.32 Å². The molecule has 0 spiro atoms. The molecular formula is C11H8F3N3O2S. The monoisotopic (exact) mass is 303 g/mol. The van der Waals surface area contributed by atoms with E-state index in [2.05, 4.69) is 20.0 Å². The van der Waals surface area contributed by atoms with Gasteiger partial charge in [0.05, 0.1) is 10.6 Å². The molecule has 1 aromatic heterocycles. The lowest BCUT2D eigenvalue weighted by atomic mass is 10.3. The lowest BCUT2D eigenvalue weighted by Gasteiger charge is -2.04. The molecule has 1 heterocycles. The van der Waals surface area contributed by atoms with Gasteiger partial charge in [-0.05, 0) is 6.92 Å². The van der Waals surface area contributed by atoms with Crippen LogP contribution in [0.2, 0.25) is 0 Å². The van der Waals surface area contributed by atoms with E-state index in [0.717, 1.165) is 0 Å². The first-order valence-electron chi connectivity index (χ1n) is 5.33. The second kappa shape index (κ2) is 5.95. The molecule has 0 bridgehead atoms. The Morgan fingerprint density at radius 3 is 2.55 bits per heavy atom. The molecule has 2 aromatic rings. The number of carbonyl (C=O) groups is 1. The number of rotatable bonds is 4. The second-order valence-corrected chi connectivity index (χ2v) is 4.67. The van der Waals surface area contributed by atoms with Crippen molar-refractivity contribution in [3.05, 3.63) is 35.4 Å². The van der Waals surface area contributed by atoms with E-state index >= 15 is 0 Å². The Morgan fingerprint density at radius 2 is 2.00 bits per heavy atom. The van der Waals surface area contributed by atoms with Crippen LogP contribution in [0.3, 0.4) is 0 Å². The van der Waals surface area contributed by atoms with Gasteiger partial charge in [0, 0.05) is 12.1 Å².